The minimum atomic E-state index is -4.01. The lowest BCUT2D eigenvalue weighted by Crippen LogP contribution is -2.47. The topological polar surface area (TPSA) is 168 Å². The van der Waals surface area contributed by atoms with Crippen LogP contribution in [0.3, 0.4) is 0 Å². The number of nitro benzene ring substituents is 1. The zero-order chi connectivity index (χ0) is 22.1. The summed E-state index contributed by atoms with van der Waals surface area (Å²) in [7, 11) is -4.01. The van der Waals surface area contributed by atoms with Gasteiger partial charge in [-0.1, -0.05) is 6.07 Å². The smallest absolute Gasteiger partial charge is 0.325 e. The minimum Gasteiger partial charge on any atom is -0.353 e. The van der Waals surface area contributed by atoms with E-state index in [-0.39, 0.29) is 29.6 Å². The fourth-order valence-electron chi connectivity index (χ4n) is 3.23. The van der Waals surface area contributed by atoms with E-state index in [2.05, 4.69) is 15.4 Å². The second kappa shape index (κ2) is 7.99. The molecule has 0 radical (unpaired) electrons. The second-order valence-electron chi connectivity index (χ2n) is 7.30. The third-order valence-corrected chi connectivity index (χ3v) is 6.53. The van der Waals surface area contributed by atoms with Gasteiger partial charge in [-0.3, -0.25) is 24.6 Å². The van der Waals surface area contributed by atoms with Gasteiger partial charge >= 0.3 is 6.03 Å². The predicted octanol–water partition coefficient (Wildman–Crippen LogP) is -0.290. The van der Waals surface area contributed by atoms with Crippen molar-refractivity contribution in [3.05, 3.63) is 34.4 Å². The standard InChI is InChI=1S/C17H21N5O7S/c1-17(11-5-6-11)15(24)21(16(25)20-17)10-14(23)18-7-8-19-30(28,29)13-4-2-3-12(9-13)22(26)27/h2-4,9,11,19H,5-8,10H2,1H3,(H,18,23)(H,20,25). The van der Waals surface area contributed by atoms with E-state index in [0.29, 0.717) is 0 Å². The van der Waals surface area contributed by atoms with E-state index >= 15 is 0 Å². The van der Waals surface area contributed by atoms with Crippen LogP contribution in [0.15, 0.2) is 29.2 Å². The van der Waals surface area contributed by atoms with E-state index in [1.165, 1.54) is 18.2 Å². The lowest BCUT2D eigenvalue weighted by molar-refractivity contribution is -0.385. The molecule has 0 bridgehead atoms. The van der Waals surface area contributed by atoms with Crippen molar-refractivity contribution in [3.63, 3.8) is 0 Å². The Balaban J connectivity index is 1.48. The largest absolute Gasteiger partial charge is 0.353 e. The third kappa shape index (κ3) is 4.41. The van der Waals surface area contributed by atoms with Crippen LogP contribution in [0.5, 0.6) is 0 Å². The molecule has 1 heterocycles. The Hall–Kier alpha value is -3.06. The highest BCUT2D eigenvalue weighted by molar-refractivity contribution is 7.89. The fraction of sp³-hybridized carbons (Fsp3) is 0.471. The Bertz CT molecular complexity index is 1010. The van der Waals surface area contributed by atoms with Crippen LogP contribution < -0.4 is 15.4 Å². The summed E-state index contributed by atoms with van der Waals surface area (Å²) >= 11 is 0. The molecule has 1 aromatic rings. The molecule has 162 valence electrons. The first-order valence-electron chi connectivity index (χ1n) is 9.19. The van der Waals surface area contributed by atoms with Crippen molar-refractivity contribution in [3.8, 4) is 0 Å². The maximum Gasteiger partial charge on any atom is 0.325 e. The van der Waals surface area contributed by atoms with Gasteiger partial charge in [0.2, 0.25) is 15.9 Å². The Kier molecular flexibility index (Phi) is 5.76. The van der Waals surface area contributed by atoms with Crippen molar-refractivity contribution in [2.45, 2.75) is 30.2 Å². The lowest BCUT2D eigenvalue weighted by Gasteiger charge is -2.20. The number of hydrogen-bond donors (Lipinski definition) is 3. The van der Waals surface area contributed by atoms with Gasteiger partial charge in [-0.15, -0.1) is 0 Å². The van der Waals surface area contributed by atoms with Crippen LogP contribution >= 0.6 is 0 Å². The summed E-state index contributed by atoms with van der Waals surface area (Å²) in [6.45, 7) is 0.892. The molecular formula is C17H21N5O7S. The summed E-state index contributed by atoms with van der Waals surface area (Å²) in [5, 5.41) is 15.8. The molecule has 0 spiro atoms. The molecule has 4 amide bonds. The summed E-state index contributed by atoms with van der Waals surface area (Å²) in [5.41, 5.74) is -1.34. The van der Waals surface area contributed by atoms with Crippen molar-refractivity contribution in [2.24, 2.45) is 5.92 Å². The number of imide groups is 1. The summed E-state index contributed by atoms with van der Waals surface area (Å²) in [4.78, 5) is 47.2. The van der Waals surface area contributed by atoms with E-state index < -0.39 is 44.9 Å². The Morgan fingerprint density at radius 3 is 2.67 bits per heavy atom. The average Bonchev–Trinajstić information content (AvgIpc) is 3.51. The first-order valence-corrected chi connectivity index (χ1v) is 10.7. The van der Waals surface area contributed by atoms with Gasteiger partial charge in [0.25, 0.3) is 11.6 Å². The van der Waals surface area contributed by atoms with Crippen molar-refractivity contribution in [1.29, 1.82) is 0 Å². The first kappa shape index (κ1) is 21.6. The number of nitrogens with one attached hydrogen (secondary N) is 3. The molecular weight excluding hydrogens is 418 g/mol. The summed E-state index contributed by atoms with van der Waals surface area (Å²) in [6, 6.07) is 3.93. The quantitative estimate of drug-likeness (QED) is 0.206. The number of carbonyl (C=O) groups is 3. The third-order valence-electron chi connectivity index (χ3n) is 5.07. The van der Waals surface area contributed by atoms with E-state index in [9.17, 15) is 32.9 Å². The molecule has 1 atom stereocenters. The van der Waals surface area contributed by atoms with Crippen LogP contribution in [0, 0.1) is 16.0 Å². The van der Waals surface area contributed by atoms with Crippen molar-refractivity contribution in [2.75, 3.05) is 19.6 Å². The van der Waals surface area contributed by atoms with Crippen LogP contribution in [-0.2, 0) is 19.6 Å². The number of carbonyl (C=O) groups excluding carboxylic acids is 3. The number of nitro groups is 1. The lowest BCUT2D eigenvalue weighted by atomic mass is 9.96. The highest BCUT2D eigenvalue weighted by Gasteiger charge is 2.56. The van der Waals surface area contributed by atoms with Gasteiger partial charge in [-0.05, 0) is 31.7 Å². The van der Waals surface area contributed by atoms with Crippen molar-refractivity contribution < 1.29 is 27.7 Å². The van der Waals surface area contributed by atoms with E-state index in [4.69, 9.17) is 0 Å². The highest BCUT2D eigenvalue weighted by Crippen LogP contribution is 2.42. The van der Waals surface area contributed by atoms with E-state index in [0.717, 1.165) is 23.8 Å². The van der Waals surface area contributed by atoms with Crippen LogP contribution in [0.2, 0.25) is 0 Å². The van der Waals surface area contributed by atoms with Gasteiger partial charge in [-0.25, -0.2) is 17.9 Å². The molecule has 0 aromatic heterocycles. The molecule has 1 saturated carbocycles. The molecule has 3 rings (SSSR count). The van der Waals surface area contributed by atoms with Crippen LogP contribution in [-0.4, -0.2) is 61.3 Å². The molecule has 2 fully saturated rings. The summed E-state index contributed by atoms with van der Waals surface area (Å²) < 4.78 is 26.6. The maximum atomic E-state index is 12.5. The van der Waals surface area contributed by atoms with Crippen LogP contribution in [0.25, 0.3) is 0 Å². The Labute approximate surface area is 172 Å². The van der Waals surface area contributed by atoms with Crippen molar-refractivity contribution in [1.82, 2.24) is 20.3 Å². The molecule has 1 aliphatic heterocycles. The molecule has 1 unspecified atom stereocenters. The number of benzene rings is 1. The molecule has 12 nitrogen and oxygen atoms in total. The van der Waals surface area contributed by atoms with Gasteiger partial charge in [0, 0.05) is 25.2 Å². The van der Waals surface area contributed by atoms with Gasteiger partial charge in [-0.2, -0.15) is 0 Å². The fourth-order valence-corrected chi connectivity index (χ4v) is 4.30. The predicted molar refractivity (Wildman–Crippen MR) is 103 cm³/mol. The molecule has 13 heteroatoms. The number of rotatable bonds is 9. The van der Waals surface area contributed by atoms with Crippen LogP contribution in [0.1, 0.15) is 19.8 Å². The second-order valence-corrected chi connectivity index (χ2v) is 9.07. The van der Waals surface area contributed by atoms with Gasteiger partial charge < -0.3 is 10.6 Å². The van der Waals surface area contributed by atoms with Gasteiger partial charge in [0.15, 0.2) is 0 Å². The average molecular weight is 439 g/mol. The van der Waals surface area contributed by atoms with E-state index in [1.807, 2.05) is 0 Å². The molecule has 30 heavy (non-hydrogen) atoms. The van der Waals surface area contributed by atoms with Crippen molar-refractivity contribution >= 4 is 33.6 Å². The molecule has 2 aliphatic rings. The summed E-state index contributed by atoms with van der Waals surface area (Å²) in [5.74, 6) is -0.991. The zero-order valence-corrected chi connectivity index (χ0v) is 16.9. The number of hydrogen-bond acceptors (Lipinski definition) is 7. The SMILES string of the molecule is CC1(C2CC2)NC(=O)N(CC(=O)NCCNS(=O)(=O)c2cccc([N+](=O)[O-])c2)C1=O. The number of nitrogens with zero attached hydrogens (tertiary/aromatic N) is 2. The molecule has 1 saturated heterocycles. The molecule has 1 aliphatic carbocycles. The normalized spacial score (nSPS) is 21.4. The first-order chi connectivity index (χ1) is 14.0. The number of sulfonamides is 1. The molecule has 3 N–H and O–H groups in total. The Morgan fingerprint density at radius 1 is 1.33 bits per heavy atom. The van der Waals surface area contributed by atoms with Gasteiger partial charge in [0.05, 0.1) is 9.82 Å². The van der Waals surface area contributed by atoms with Gasteiger partial charge in [0.1, 0.15) is 12.1 Å². The highest BCUT2D eigenvalue weighted by atomic mass is 32.2. The monoisotopic (exact) mass is 439 g/mol. The molecule has 1 aromatic carbocycles. The van der Waals surface area contributed by atoms with Crippen LogP contribution in [0.4, 0.5) is 10.5 Å². The summed E-state index contributed by atoms with van der Waals surface area (Å²) in [6.07, 6.45) is 1.68. The Morgan fingerprint density at radius 2 is 2.03 bits per heavy atom. The number of urea groups is 1. The minimum absolute atomic E-state index is 0.0743. The number of non-ortho nitro benzene ring substituents is 1. The van der Waals surface area contributed by atoms with E-state index in [1.54, 1.807) is 6.92 Å². The number of amides is 4. The zero-order valence-electron chi connectivity index (χ0n) is 16.1. The maximum absolute atomic E-state index is 12.5.